The van der Waals surface area contributed by atoms with Crippen LogP contribution in [0.1, 0.15) is 25.8 Å². The van der Waals surface area contributed by atoms with Crippen molar-refractivity contribution in [2.45, 2.75) is 32.9 Å². The van der Waals surface area contributed by atoms with Crippen LogP contribution in [0.15, 0.2) is 29.4 Å². The van der Waals surface area contributed by atoms with Gasteiger partial charge in [0, 0.05) is 11.4 Å². The second kappa shape index (κ2) is 5.83. The van der Waals surface area contributed by atoms with Crippen LogP contribution in [-0.2, 0) is 16.4 Å². The molecule has 1 aromatic carbocycles. The molecule has 1 atom stereocenters. The summed E-state index contributed by atoms with van der Waals surface area (Å²) in [5.74, 6) is 0.451. The summed E-state index contributed by atoms with van der Waals surface area (Å²) in [6.07, 6.45) is 0.647. The fourth-order valence-corrected chi connectivity index (χ4v) is 4.05. The molecule has 2 rings (SSSR count). The van der Waals surface area contributed by atoms with E-state index in [0.717, 1.165) is 17.0 Å². The second-order valence-corrected chi connectivity index (χ2v) is 7.67. The van der Waals surface area contributed by atoms with Crippen LogP contribution in [-0.4, -0.2) is 36.7 Å². The molecule has 110 valence electrons. The third-order valence-corrected chi connectivity index (χ3v) is 5.03. The van der Waals surface area contributed by atoms with Crippen LogP contribution in [0.5, 0.6) is 0 Å². The summed E-state index contributed by atoms with van der Waals surface area (Å²) in [6.45, 7) is 4.44. The normalized spacial score (nSPS) is 20.6. The van der Waals surface area contributed by atoms with Crippen molar-refractivity contribution >= 4 is 21.2 Å². The third kappa shape index (κ3) is 3.96. The number of hydrogen-bond acceptors (Lipinski definition) is 5. The molecule has 0 radical (unpaired) electrons. The SMILES string of the molecule is CC(C)=NN(Cc1ccc(N)cc1)[C@@H]1CCS(=O)(=O)C1. The van der Waals surface area contributed by atoms with Crippen LogP contribution in [0.3, 0.4) is 0 Å². The van der Waals surface area contributed by atoms with Crippen molar-refractivity contribution in [2.75, 3.05) is 17.2 Å². The first-order chi connectivity index (χ1) is 9.35. The topological polar surface area (TPSA) is 75.8 Å². The van der Waals surface area contributed by atoms with Gasteiger partial charge in [0.2, 0.25) is 0 Å². The average Bonchev–Trinajstić information content (AvgIpc) is 2.71. The van der Waals surface area contributed by atoms with Crippen LogP contribution in [0, 0.1) is 0 Å². The molecule has 0 spiro atoms. The van der Waals surface area contributed by atoms with Crippen molar-refractivity contribution in [2.24, 2.45) is 5.10 Å². The molecule has 1 aliphatic rings. The van der Waals surface area contributed by atoms with E-state index in [9.17, 15) is 8.42 Å². The van der Waals surface area contributed by atoms with E-state index in [2.05, 4.69) is 5.10 Å². The quantitative estimate of drug-likeness (QED) is 0.520. The molecule has 6 heteroatoms. The summed E-state index contributed by atoms with van der Waals surface area (Å²) in [5, 5.41) is 6.39. The standard InChI is InChI=1S/C14H21N3O2S/c1-11(2)16-17(14-7-8-20(18,19)10-14)9-12-3-5-13(15)6-4-12/h3-6,14H,7-10,15H2,1-2H3/t14-/m1/s1. The Hall–Kier alpha value is -1.56. The Balaban J connectivity index is 2.16. The van der Waals surface area contributed by atoms with Crippen LogP contribution in [0.25, 0.3) is 0 Å². The molecule has 1 saturated heterocycles. The van der Waals surface area contributed by atoms with Gasteiger partial charge in [0.1, 0.15) is 0 Å². The van der Waals surface area contributed by atoms with Crippen LogP contribution in [0.2, 0.25) is 0 Å². The van der Waals surface area contributed by atoms with Crippen molar-refractivity contribution in [3.8, 4) is 0 Å². The molecule has 1 aromatic rings. The van der Waals surface area contributed by atoms with E-state index in [1.165, 1.54) is 0 Å². The number of benzene rings is 1. The zero-order valence-corrected chi connectivity index (χ0v) is 12.7. The molecule has 5 nitrogen and oxygen atoms in total. The predicted molar refractivity (Wildman–Crippen MR) is 82.2 cm³/mol. The van der Waals surface area contributed by atoms with Crippen molar-refractivity contribution in [3.05, 3.63) is 29.8 Å². The van der Waals surface area contributed by atoms with Gasteiger partial charge in [-0.15, -0.1) is 0 Å². The van der Waals surface area contributed by atoms with Crippen molar-refractivity contribution in [1.29, 1.82) is 0 Å². The third-order valence-electron chi connectivity index (χ3n) is 3.28. The molecule has 0 saturated carbocycles. The first-order valence-corrected chi connectivity index (χ1v) is 8.51. The van der Waals surface area contributed by atoms with E-state index < -0.39 is 9.84 Å². The van der Waals surface area contributed by atoms with Gasteiger partial charge < -0.3 is 5.73 Å². The van der Waals surface area contributed by atoms with Crippen molar-refractivity contribution < 1.29 is 8.42 Å². The maximum Gasteiger partial charge on any atom is 0.152 e. The van der Waals surface area contributed by atoms with Crippen molar-refractivity contribution in [1.82, 2.24) is 5.01 Å². The van der Waals surface area contributed by atoms with Crippen LogP contribution >= 0.6 is 0 Å². The number of anilines is 1. The van der Waals surface area contributed by atoms with E-state index in [1.807, 2.05) is 43.1 Å². The zero-order chi connectivity index (χ0) is 14.8. The molecule has 1 aliphatic heterocycles. The van der Waals surface area contributed by atoms with Gasteiger partial charge in [0.15, 0.2) is 9.84 Å². The summed E-state index contributed by atoms with van der Waals surface area (Å²) in [4.78, 5) is 0. The highest BCUT2D eigenvalue weighted by Crippen LogP contribution is 2.21. The molecule has 0 amide bonds. The Morgan fingerprint density at radius 3 is 2.50 bits per heavy atom. The highest BCUT2D eigenvalue weighted by Gasteiger charge is 2.32. The lowest BCUT2D eigenvalue weighted by molar-refractivity contribution is 0.213. The Bertz CT molecular complexity index is 589. The summed E-state index contributed by atoms with van der Waals surface area (Å²) in [6, 6.07) is 7.56. The van der Waals surface area contributed by atoms with Gasteiger partial charge in [-0.25, -0.2) is 8.42 Å². The zero-order valence-electron chi connectivity index (χ0n) is 11.9. The largest absolute Gasteiger partial charge is 0.399 e. The van der Waals surface area contributed by atoms with Crippen molar-refractivity contribution in [3.63, 3.8) is 0 Å². The molecule has 0 bridgehead atoms. The fraction of sp³-hybridized carbons (Fsp3) is 0.500. The van der Waals surface area contributed by atoms with E-state index >= 15 is 0 Å². The molecule has 2 N–H and O–H groups in total. The second-order valence-electron chi connectivity index (χ2n) is 5.44. The van der Waals surface area contributed by atoms with Gasteiger partial charge in [0.25, 0.3) is 0 Å². The molecule has 0 aromatic heterocycles. The first kappa shape index (κ1) is 14.8. The number of nitrogen functional groups attached to an aromatic ring is 1. The average molecular weight is 295 g/mol. The lowest BCUT2D eigenvalue weighted by Gasteiger charge is -2.25. The summed E-state index contributed by atoms with van der Waals surface area (Å²) >= 11 is 0. The summed E-state index contributed by atoms with van der Waals surface area (Å²) in [5.41, 5.74) is 8.40. The van der Waals surface area contributed by atoms with E-state index in [1.54, 1.807) is 0 Å². The van der Waals surface area contributed by atoms with Crippen LogP contribution < -0.4 is 5.73 Å². The first-order valence-electron chi connectivity index (χ1n) is 6.69. The maximum atomic E-state index is 11.6. The number of hydrazone groups is 1. The number of nitrogens with two attached hydrogens (primary N) is 1. The molecule has 0 unspecified atom stereocenters. The number of hydrogen-bond donors (Lipinski definition) is 1. The van der Waals surface area contributed by atoms with E-state index in [-0.39, 0.29) is 17.5 Å². The molecule has 20 heavy (non-hydrogen) atoms. The molecular weight excluding hydrogens is 274 g/mol. The minimum atomic E-state index is -2.91. The Morgan fingerprint density at radius 1 is 1.35 bits per heavy atom. The fourth-order valence-electron chi connectivity index (χ4n) is 2.32. The predicted octanol–water partition coefficient (Wildman–Crippen LogP) is 1.65. The highest BCUT2D eigenvalue weighted by atomic mass is 32.2. The molecular formula is C14H21N3O2S. The minimum absolute atomic E-state index is 0.0348. The van der Waals surface area contributed by atoms with Gasteiger partial charge in [-0.05, 0) is 38.0 Å². The van der Waals surface area contributed by atoms with Gasteiger partial charge in [-0.3, -0.25) is 5.01 Å². The van der Waals surface area contributed by atoms with Gasteiger partial charge in [-0.2, -0.15) is 5.10 Å². The Kier molecular flexibility index (Phi) is 4.32. The number of sulfone groups is 1. The molecule has 1 heterocycles. The monoisotopic (exact) mass is 295 g/mol. The number of rotatable bonds is 4. The summed E-state index contributed by atoms with van der Waals surface area (Å²) < 4.78 is 23.3. The molecule has 0 aliphatic carbocycles. The van der Waals surface area contributed by atoms with E-state index in [0.29, 0.717) is 13.0 Å². The van der Waals surface area contributed by atoms with E-state index in [4.69, 9.17) is 5.73 Å². The lowest BCUT2D eigenvalue weighted by atomic mass is 10.1. The van der Waals surface area contributed by atoms with Crippen LogP contribution in [0.4, 0.5) is 5.69 Å². The Morgan fingerprint density at radius 2 is 2.00 bits per heavy atom. The van der Waals surface area contributed by atoms with Gasteiger partial charge in [-0.1, -0.05) is 12.1 Å². The molecule has 1 fully saturated rings. The number of nitrogens with zero attached hydrogens (tertiary/aromatic N) is 2. The smallest absolute Gasteiger partial charge is 0.152 e. The van der Waals surface area contributed by atoms with Gasteiger partial charge >= 0.3 is 0 Å². The Labute approximate surface area is 120 Å². The summed E-state index contributed by atoms with van der Waals surface area (Å²) in [7, 11) is -2.91. The minimum Gasteiger partial charge on any atom is -0.399 e. The van der Waals surface area contributed by atoms with Gasteiger partial charge in [0.05, 0.1) is 24.1 Å². The highest BCUT2D eigenvalue weighted by molar-refractivity contribution is 7.91. The maximum absolute atomic E-state index is 11.6. The lowest BCUT2D eigenvalue weighted by Crippen LogP contribution is -2.32.